The molecule has 0 saturated carbocycles. The SMILES string of the molecule is Cc1[nH]c(Cc2cc(Br)ccc2Cl)nc1-c1ccc(Cl)c(Cl)c1. The summed E-state index contributed by atoms with van der Waals surface area (Å²) in [6, 6.07) is 11.3. The highest BCUT2D eigenvalue weighted by molar-refractivity contribution is 9.10. The predicted molar refractivity (Wildman–Crippen MR) is 101 cm³/mol. The van der Waals surface area contributed by atoms with Crippen LogP contribution in [0.4, 0.5) is 0 Å². The Labute approximate surface area is 157 Å². The summed E-state index contributed by atoms with van der Waals surface area (Å²) in [5, 5.41) is 1.77. The Morgan fingerprint density at radius 1 is 1.00 bits per heavy atom. The molecule has 0 fully saturated rings. The Balaban J connectivity index is 1.94. The van der Waals surface area contributed by atoms with Crippen molar-refractivity contribution in [2.75, 3.05) is 0 Å². The first-order valence-corrected chi connectivity index (χ1v) is 8.81. The maximum absolute atomic E-state index is 6.25. The summed E-state index contributed by atoms with van der Waals surface area (Å²) in [6.07, 6.45) is 0.625. The Hall–Kier alpha value is -1.000. The fourth-order valence-corrected chi connectivity index (χ4v) is 3.28. The molecule has 0 atom stereocenters. The molecule has 0 saturated heterocycles. The van der Waals surface area contributed by atoms with Crippen LogP contribution in [-0.2, 0) is 6.42 Å². The molecule has 3 aromatic rings. The van der Waals surface area contributed by atoms with E-state index in [1.807, 2.05) is 37.3 Å². The van der Waals surface area contributed by atoms with Crippen molar-refractivity contribution < 1.29 is 0 Å². The number of nitrogens with zero attached hydrogens (tertiary/aromatic N) is 1. The number of rotatable bonds is 3. The highest BCUT2D eigenvalue weighted by Crippen LogP contribution is 2.30. The highest BCUT2D eigenvalue weighted by Gasteiger charge is 2.12. The molecular formula is C17H12BrCl3N2. The van der Waals surface area contributed by atoms with E-state index in [1.54, 1.807) is 6.07 Å². The zero-order valence-electron chi connectivity index (χ0n) is 12.1. The van der Waals surface area contributed by atoms with Crippen LogP contribution in [0.2, 0.25) is 15.1 Å². The Morgan fingerprint density at radius 3 is 2.48 bits per heavy atom. The van der Waals surface area contributed by atoms with Gasteiger partial charge in [0.2, 0.25) is 0 Å². The van der Waals surface area contributed by atoms with Gasteiger partial charge in [0.05, 0.1) is 15.7 Å². The third-order valence-electron chi connectivity index (χ3n) is 3.49. The number of aromatic nitrogens is 2. The second-order valence-electron chi connectivity index (χ2n) is 5.20. The molecule has 0 radical (unpaired) electrons. The fraction of sp³-hybridized carbons (Fsp3) is 0.118. The van der Waals surface area contributed by atoms with Crippen LogP contribution in [-0.4, -0.2) is 9.97 Å². The highest BCUT2D eigenvalue weighted by atomic mass is 79.9. The Bertz CT molecular complexity index is 874. The van der Waals surface area contributed by atoms with Gasteiger partial charge in [0.15, 0.2) is 0 Å². The molecule has 1 aromatic heterocycles. The Kier molecular flexibility index (Phi) is 5.02. The lowest BCUT2D eigenvalue weighted by molar-refractivity contribution is 1.02. The molecule has 1 N–H and O–H groups in total. The molecule has 0 aliphatic rings. The van der Waals surface area contributed by atoms with Crippen LogP contribution in [0.1, 0.15) is 17.1 Å². The topological polar surface area (TPSA) is 28.7 Å². The quantitative estimate of drug-likeness (QED) is 0.492. The average molecular weight is 431 g/mol. The van der Waals surface area contributed by atoms with Gasteiger partial charge in [-0.3, -0.25) is 0 Å². The van der Waals surface area contributed by atoms with Crippen molar-refractivity contribution in [3.8, 4) is 11.3 Å². The summed E-state index contributed by atoms with van der Waals surface area (Å²) in [4.78, 5) is 8.00. The van der Waals surface area contributed by atoms with E-state index in [4.69, 9.17) is 34.8 Å². The van der Waals surface area contributed by atoms with Crippen molar-refractivity contribution in [1.29, 1.82) is 0 Å². The molecule has 2 nitrogen and oxygen atoms in total. The lowest BCUT2D eigenvalue weighted by Crippen LogP contribution is -1.92. The van der Waals surface area contributed by atoms with E-state index in [-0.39, 0.29) is 0 Å². The number of H-pyrrole nitrogens is 1. The maximum Gasteiger partial charge on any atom is 0.111 e. The molecule has 0 spiro atoms. The number of imidazole rings is 1. The molecule has 3 rings (SSSR count). The number of aromatic amines is 1. The summed E-state index contributed by atoms with van der Waals surface area (Å²) in [5.74, 6) is 0.851. The second-order valence-corrected chi connectivity index (χ2v) is 7.34. The molecule has 1 heterocycles. The number of hydrogen-bond donors (Lipinski definition) is 1. The van der Waals surface area contributed by atoms with Crippen molar-refractivity contribution >= 4 is 50.7 Å². The zero-order chi connectivity index (χ0) is 16.6. The molecule has 0 aliphatic carbocycles. The van der Waals surface area contributed by atoms with Crippen LogP contribution in [0.3, 0.4) is 0 Å². The van der Waals surface area contributed by atoms with E-state index < -0.39 is 0 Å². The largest absolute Gasteiger partial charge is 0.345 e. The van der Waals surface area contributed by atoms with Crippen molar-refractivity contribution in [2.24, 2.45) is 0 Å². The number of benzene rings is 2. The summed E-state index contributed by atoms with van der Waals surface area (Å²) < 4.78 is 0.991. The van der Waals surface area contributed by atoms with E-state index in [2.05, 4.69) is 25.9 Å². The molecule has 0 amide bonds. The van der Waals surface area contributed by atoms with Gasteiger partial charge in [0.25, 0.3) is 0 Å². The van der Waals surface area contributed by atoms with E-state index in [1.165, 1.54) is 0 Å². The third-order valence-corrected chi connectivity index (χ3v) is 5.09. The lowest BCUT2D eigenvalue weighted by Gasteiger charge is -2.03. The van der Waals surface area contributed by atoms with Crippen molar-refractivity contribution in [2.45, 2.75) is 13.3 Å². The van der Waals surface area contributed by atoms with Crippen LogP contribution in [0.5, 0.6) is 0 Å². The summed E-state index contributed by atoms with van der Waals surface area (Å²) in [5.41, 5.74) is 3.78. The van der Waals surface area contributed by atoms with Gasteiger partial charge >= 0.3 is 0 Å². The molecular weight excluding hydrogens is 418 g/mol. The summed E-state index contributed by atoms with van der Waals surface area (Å²) in [6.45, 7) is 1.98. The number of halogens is 4. The van der Waals surface area contributed by atoms with Crippen LogP contribution < -0.4 is 0 Å². The molecule has 0 unspecified atom stereocenters. The molecule has 2 aromatic carbocycles. The molecule has 0 aliphatic heterocycles. The van der Waals surface area contributed by atoms with Crippen LogP contribution in [0.25, 0.3) is 11.3 Å². The molecule has 6 heteroatoms. The lowest BCUT2D eigenvalue weighted by atomic mass is 10.1. The summed E-state index contributed by atoms with van der Waals surface area (Å²) in [7, 11) is 0. The van der Waals surface area contributed by atoms with Gasteiger partial charge in [0, 0.05) is 27.2 Å². The second kappa shape index (κ2) is 6.86. The van der Waals surface area contributed by atoms with Gasteiger partial charge < -0.3 is 4.98 Å². The Morgan fingerprint density at radius 2 is 1.74 bits per heavy atom. The molecule has 118 valence electrons. The van der Waals surface area contributed by atoms with Crippen LogP contribution in [0.15, 0.2) is 40.9 Å². The monoisotopic (exact) mass is 428 g/mol. The smallest absolute Gasteiger partial charge is 0.111 e. The average Bonchev–Trinajstić information content (AvgIpc) is 2.86. The first-order valence-electron chi connectivity index (χ1n) is 6.89. The normalized spacial score (nSPS) is 11.0. The van der Waals surface area contributed by atoms with Gasteiger partial charge in [-0.2, -0.15) is 0 Å². The predicted octanol–water partition coefficient (Wildman–Crippen LogP) is 6.70. The van der Waals surface area contributed by atoms with Gasteiger partial charge in [-0.1, -0.05) is 56.8 Å². The number of nitrogens with one attached hydrogen (secondary N) is 1. The van der Waals surface area contributed by atoms with Crippen molar-refractivity contribution in [1.82, 2.24) is 9.97 Å². The van der Waals surface area contributed by atoms with Crippen LogP contribution in [0, 0.1) is 6.92 Å². The number of hydrogen-bond acceptors (Lipinski definition) is 1. The van der Waals surface area contributed by atoms with Crippen molar-refractivity contribution in [3.05, 3.63) is 73.0 Å². The fourth-order valence-electron chi connectivity index (χ4n) is 2.39. The zero-order valence-corrected chi connectivity index (χ0v) is 16.0. The standard InChI is InChI=1S/C17H12BrCl3N2/c1-9-17(10-2-4-14(20)15(21)7-10)23-16(22-9)8-11-6-12(18)3-5-13(11)19/h2-7H,8H2,1H3,(H,22,23). The van der Waals surface area contributed by atoms with E-state index in [9.17, 15) is 0 Å². The van der Waals surface area contributed by atoms with Gasteiger partial charge in [-0.25, -0.2) is 4.98 Å². The van der Waals surface area contributed by atoms with Gasteiger partial charge in [0.1, 0.15) is 5.82 Å². The van der Waals surface area contributed by atoms with E-state index in [0.717, 1.165) is 37.8 Å². The first kappa shape index (κ1) is 16.8. The molecule has 0 bridgehead atoms. The van der Waals surface area contributed by atoms with Crippen LogP contribution >= 0.6 is 50.7 Å². The summed E-state index contributed by atoms with van der Waals surface area (Å²) >= 11 is 21.8. The number of aryl methyl sites for hydroxylation is 1. The van der Waals surface area contributed by atoms with Gasteiger partial charge in [-0.05, 0) is 42.8 Å². The van der Waals surface area contributed by atoms with E-state index >= 15 is 0 Å². The minimum absolute atomic E-state index is 0.517. The van der Waals surface area contributed by atoms with Crippen molar-refractivity contribution in [3.63, 3.8) is 0 Å². The van der Waals surface area contributed by atoms with Gasteiger partial charge in [-0.15, -0.1) is 0 Å². The maximum atomic E-state index is 6.25. The minimum Gasteiger partial charge on any atom is -0.345 e. The minimum atomic E-state index is 0.517. The molecule has 23 heavy (non-hydrogen) atoms. The third kappa shape index (κ3) is 3.74. The first-order chi connectivity index (χ1) is 10.9. The van der Waals surface area contributed by atoms with E-state index in [0.29, 0.717) is 16.5 Å².